The van der Waals surface area contributed by atoms with Crippen LogP contribution in [0.1, 0.15) is 39.1 Å². The third-order valence-corrected chi connectivity index (χ3v) is 4.05. The Labute approximate surface area is 128 Å². The Hall–Kier alpha value is -0.910. The van der Waals surface area contributed by atoms with E-state index in [2.05, 4.69) is 53.8 Å². The second kappa shape index (κ2) is 7.92. The summed E-state index contributed by atoms with van der Waals surface area (Å²) >= 11 is 0. The topological polar surface area (TPSA) is 42.3 Å². The summed E-state index contributed by atoms with van der Waals surface area (Å²) in [5.41, 5.74) is 2.52. The van der Waals surface area contributed by atoms with Crippen LogP contribution in [0.25, 0.3) is 0 Å². The molecule has 2 heterocycles. The first-order chi connectivity index (χ1) is 10.1. The smallest absolute Gasteiger partial charge is 0.0635 e. The lowest BCUT2D eigenvalue weighted by Gasteiger charge is -2.36. The SMILES string of the molecule is CCc1cc(CN2CCOCC2CNC(C)C)n(CC)n1. The van der Waals surface area contributed by atoms with Gasteiger partial charge in [-0.2, -0.15) is 5.10 Å². The second-order valence-electron chi connectivity index (χ2n) is 6.06. The van der Waals surface area contributed by atoms with Crippen LogP contribution in [0.3, 0.4) is 0 Å². The molecule has 21 heavy (non-hydrogen) atoms. The van der Waals surface area contributed by atoms with Gasteiger partial charge in [0.05, 0.1) is 24.6 Å². The van der Waals surface area contributed by atoms with Crippen LogP contribution in [0, 0.1) is 0 Å². The Balaban J connectivity index is 2.02. The molecule has 0 bridgehead atoms. The Kier molecular flexibility index (Phi) is 6.21. The molecule has 0 radical (unpaired) electrons. The van der Waals surface area contributed by atoms with Crippen LogP contribution in [0.4, 0.5) is 0 Å². The first kappa shape index (κ1) is 16.5. The molecule has 2 rings (SSSR count). The van der Waals surface area contributed by atoms with Crippen molar-refractivity contribution >= 4 is 0 Å². The molecule has 0 aliphatic carbocycles. The van der Waals surface area contributed by atoms with Crippen LogP contribution in [-0.4, -0.2) is 53.1 Å². The maximum Gasteiger partial charge on any atom is 0.0635 e. The van der Waals surface area contributed by atoms with Crippen LogP contribution in [-0.2, 0) is 24.2 Å². The van der Waals surface area contributed by atoms with E-state index >= 15 is 0 Å². The van der Waals surface area contributed by atoms with Crippen molar-refractivity contribution in [1.82, 2.24) is 20.0 Å². The summed E-state index contributed by atoms with van der Waals surface area (Å²) in [6, 6.07) is 3.22. The predicted molar refractivity (Wildman–Crippen MR) is 85.4 cm³/mol. The zero-order chi connectivity index (χ0) is 15.2. The molecular weight excluding hydrogens is 264 g/mol. The average molecular weight is 294 g/mol. The zero-order valence-corrected chi connectivity index (χ0v) is 13.9. The number of morpholine rings is 1. The molecule has 0 saturated carbocycles. The standard InChI is InChI=1S/C16H30N4O/c1-5-14-9-15(20(6-2)18-14)11-19-7-8-21-12-16(19)10-17-13(3)4/h9,13,16-17H,5-8,10-12H2,1-4H3. The van der Waals surface area contributed by atoms with Gasteiger partial charge in [0.2, 0.25) is 0 Å². The lowest BCUT2D eigenvalue weighted by atomic mass is 10.2. The number of nitrogens with zero attached hydrogens (tertiary/aromatic N) is 3. The van der Waals surface area contributed by atoms with E-state index in [-0.39, 0.29) is 0 Å². The highest BCUT2D eigenvalue weighted by molar-refractivity contribution is 5.11. The van der Waals surface area contributed by atoms with E-state index in [0.29, 0.717) is 12.1 Å². The normalized spacial score (nSPS) is 20.3. The van der Waals surface area contributed by atoms with Crippen molar-refractivity contribution in [1.29, 1.82) is 0 Å². The number of aryl methyl sites for hydroxylation is 2. The van der Waals surface area contributed by atoms with E-state index in [0.717, 1.165) is 45.8 Å². The summed E-state index contributed by atoms with van der Waals surface area (Å²) in [6.07, 6.45) is 1.00. The second-order valence-corrected chi connectivity index (χ2v) is 6.06. The molecule has 1 aliphatic rings. The fourth-order valence-corrected chi connectivity index (χ4v) is 2.75. The van der Waals surface area contributed by atoms with Crippen molar-refractivity contribution in [2.75, 3.05) is 26.3 Å². The first-order valence-corrected chi connectivity index (χ1v) is 8.24. The van der Waals surface area contributed by atoms with Gasteiger partial charge >= 0.3 is 0 Å². The van der Waals surface area contributed by atoms with Crippen LogP contribution in [0.15, 0.2) is 6.07 Å². The van der Waals surface area contributed by atoms with Gasteiger partial charge < -0.3 is 10.1 Å². The molecule has 1 aromatic rings. The van der Waals surface area contributed by atoms with Gasteiger partial charge in [0, 0.05) is 38.3 Å². The zero-order valence-electron chi connectivity index (χ0n) is 13.9. The molecule has 1 N–H and O–H groups in total. The molecule has 1 fully saturated rings. The molecule has 1 aliphatic heterocycles. The molecular formula is C16H30N4O. The molecule has 0 spiro atoms. The average Bonchev–Trinajstić information content (AvgIpc) is 2.88. The maximum absolute atomic E-state index is 5.66. The van der Waals surface area contributed by atoms with Crippen molar-refractivity contribution in [2.24, 2.45) is 0 Å². The van der Waals surface area contributed by atoms with Crippen molar-refractivity contribution < 1.29 is 4.74 Å². The van der Waals surface area contributed by atoms with Gasteiger partial charge in [-0.1, -0.05) is 20.8 Å². The van der Waals surface area contributed by atoms with Gasteiger partial charge in [0.25, 0.3) is 0 Å². The third-order valence-electron chi connectivity index (χ3n) is 4.05. The number of aromatic nitrogens is 2. The van der Waals surface area contributed by atoms with E-state index in [4.69, 9.17) is 4.74 Å². The van der Waals surface area contributed by atoms with Crippen LogP contribution in [0.2, 0.25) is 0 Å². The van der Waals surface area contributed by atoms with Gasteiger partial charge in [0.15, 0.2) is 0 Å². The predicted octanol–water partition coefficient (Wildman–Crippen LogP) is 1.66. The number of hydrogen-bond donors (Lipinski definition) is 1. The number of rotatable bonds is 7. The number of hydrogen-bond acceptors (Lipinski definition) is 4. The fourth-order valence-electron chi connectivity index (χ4n) is 2.75. The first-order valence-electron chi connectivity index (χ1n) is 8.24. The van der Waals surface area contributed by atoms with Gasteiger partial charge in [-0.15, -0.1) is 0 Å². The van der Waals surface area contributed by atoms with Crippen LogP contribution in [0.5, 0.6) is 0 Å². The number of nitrogens with one attached hydrogen (secondary N) is 1. The van der Waals surface area contributed by atoms with Gasteiger partial charge in [0.1, 0.15) is 0 Å². The minimum Gasteiger partial charge on any atom is -0.378 e. The Morgan fingerprint density at radius 3 is 2.90 bits per heavy atom. The summed E-state index contributed by atoms with van der Waals surface area (Å²) in [6.45, 7) is 14.2. The molecule has 5 heteroatoms. The van der Waals surface area contributed by atoms with Crippen molar-refractivity contribution in [3.05, 3.63) is 17.5 Å². The molecule has 1 aromatic heterocycles. The minimum atomic E-state index is 0.450. The third kappa shape index (κ3) is 4.53. The van der Waals surface area contributed by atoms with Crippen LogP contribution < -0.4 is 5.32 Å². The molecule has 1 saturated heterocycles. The molecule has 1 atom stereocenters. The Morgan fingerprint density at radius 1 is 1.43 bits per heavy atom. The van der Waals surface area contributed by atoms with Gasteiger partial charge in [-0.05, 0) is 19.4 Å². The fraction of sp³-hybridized carbons (Fsp3) is 0.812. The Morgan fingerprint density at radius 2 is 2.24 bits per heavy atom. The van der Waals surface area contributed by atoms with Crippen molar-refractivity contribution in [3.63, 3.8) is 0 Å². The van der Waals surface area contributed by atoms with Gasteiger partial charge in [-0.25, -0.2) is 0 Å². The highest BCUT2D eigenvalue weighted by atomic mass is 16.5. The molecule has 5 nitrogen and oxygen atoms in total. The van der Waals surface area contributed by atoms with E-state index in [1.165, 1.54) is 11.4 Å². The summed E-state index contributed by atoms with van der Waals surface area (Å²) in [4.78, 5) is 2.53. The maximum atomic E-state index is 5.66. The monoisotopic (exact) mass is 294 g/mol. The largest absolute Gasteiger partial charge is 0.378 e. The molecule has 0 aromatic carbocycles. The summed E-state index contributed by atoms with van der Waals surface area (Å²) in [5.74, 6) is 0. The Bertz CT molecular complexity index is 430. The quantitative estimate of drug-likeness (QED) is 0.830. The van der Waals surface area contributed by atoms with E-state index < -0.39 is 0 Å². The molecule has 120 valence electrons. The van der Waals surface area contributed by atoms with Gasteiger partial charge in [-0.3, -0.25) is 9.58 Å². The molecule has 1 unspecified atom stereocenters. The summed E-state index contributed by atoms with van der Waals surface area (Å²) in [5, 5.41) is 8.19. The van der Waals surface area contributed by atoms with E-state index in [1.807, 2.05) is 0 Å². The summed E-state index contributed by atoms with van der Waals surface area (Å²) < 4.78 is 7.80. The minimum absolute atomic E-state index is 0.450. The van der Waals surface area contributed by atoms with Crippen LogP contribution >= 0.6 is 0 Å². The lowest BCUT2D eigenvalue weighted by molar-refractivity contribution is -0.0125. The lowest BCUT2D eigenvalue weighted by Crippen LogP contribution is -2.50. The highest BCUT2D eigenvalue weighted by Gasteiger charge is 2.24. The van der Waals surface area contributed by atoms with E-state index in [9.17, 15) is 0 Å². The number of ether oxygens (including phenoxy) is 1. The van der Waals surface area contributed by atoms with Crippen molar-refractivity contribution in [2.45, 2.75) is 59.3 Å². The molecule has 0 amide bonds. The summed E-state index contributed by atoms with van der Waals surface area (Å²) in [7, 11) is 0. The highest BCUT2D eigenvalue weighted by Crippen LogP contribution is 2.14. The van der Waals surface area contributed by atoms with E-state index in [1.54, 1.807) is 0 Å². The van der Waals surface area contributed by atoms with Crippen molar-refractivity contribution in [3.8, 4) is 0 Å².